The van der Waals surface area contributed by atoms with Gasteiger partial charge in [0.05, 0.1) is 6.54 Å². The zero-order valence-electron chi connectivity index (χ0n) is 10.3. The Bertz CT molecular complexity index is 381. The van der Waals surface area contributed by atoms with Crippen molar-refractivity contribution in [1.29, 1.82) is 0 Å². The molecule has 0 saturated heterocycles. The molecule has 4 heteroatoms. The summed E-state index contributed by atoms with van der Waals surface area (Å²) in [7, 11) is 1.94. The van der Waals surface area contributed by atoms with Crippen LogP contribution in [0.3, 0.4) is 0 Å². The van der Waals surface area contributed by atoms with E-state index in [1.165, 1.54) is 5.56 Å². The van der Waals surface area contributed by atoms with Crippen molar-refractivity contribution >= 4 is 21.8 Å². The zero-order chi connectivity index (χ0) is 12.8. The quantitative estimate of drug-likeness (QED) is 0.875. The van der Waals surface area contributed by atoms with Crippen LogP contribution < -0.4 is 5.73 Å². The Hall–Kier alpha value is -0.870. The van der Waals surface area contributed by atoms with Crippen LogP contribution in [0.5, 0.6) is 0 Å². The van der Waals surface area contributed by atoms with Crippen molar-refractivity contribution in [3.8, 4) is 0 Å². The Morgan fingerprint density at radius 2 is 2.12 bits per heavy atom. The SMILES string of the molecule is CC[C@@H](Cc1ccccc1Br)N(C)CC(N)=O. The molecular weight excluding hydrogens is 280 g/mol. The monoisotopic (exact) mass is 298 g/mol. The molecule has 1 amide bonds. The molecule has 1 rings (SSSR count). The molecule has 0 spiro atoms. The molecule has 0 radical (unpaired) electrons. The molecule has 0 aliphatic rings. The van der Waals surface area contributed by atoms with Crippen molar-refractivity contribution < 1.29 is 4.79 Å². The van der Waals surface area contributed by atoms with E-state index in [0.29, 0.717) is 12.6 Å². The second-order valence-electron chi connectivity index (χ2n) is 4.24. The minimum Gasteiger partial charge on any atom is -0.369 e. The third-order valence-corrected chi connectivity index (χ3v) is 3.69. The van der Waals surface area contributed by atoms with Gasteiger partial charge >= 0.3 is 0 Å². The van der Waals surface area contributed by atoms with E-state index >= 15 is 0 Å². The average molecular weight is 299 g/mol. The lowest BCUT2D eigenvalue weighted by atomic mass is 10.0. The Balaban J connectivity index is 2.70. The minimum atomic E-state index is -0.280. The second kappa shape index (κ2) is 6.77. The number of hydrogen-bond donors (Lipinski definition) is 1. The lowest BCUT2D eigenvalue weighted by Gasteiger charge is -2.26. The molecule has 1 aromatic rings. The van der Waals surface area contributed by atoms with Gasteiger partial charge in [-0.15, -0.1) is 0 Å². The Morgan fingerprint density at radius 3 is 2.65 bits per heavy atom. The number of likely N-dealkylation sites (N-methyl/N-ethyl adjacent to an activating group) is 1. The van der Waals surface area contributed by atoms with Crippen LogP contribution >= 0.6 is 15.9 Å². The van der Waals surface area contributed by atoms with E-state index in [1.807, 2.05) is 30.1 Å². The summed E-state index contributed by atoms with van der Waals surface area (Å²) in [5.74, 6) is -0.280. The van der Waals surface area contributed by atoms with E-state index in [-0.39, 0.29) is 5.91 Å². The molecule has 0 fully saturated rings. The number of halogens is 1. The Kier molecular flexibility index (Phi) is 5.65. The van der Waals surface area contributed by atoms with Crippen LogP contribution in [0.1, 0.15) is 18.9 Å². The second-order valence-corrected chi connectivity index (χ2v) is 5.09. The largest absolute Gasteiger partial charge is 0.369 e. The fourth-order valence-corrected chi connectivity index (χ4v) is 2.35. The highest BCUT2D eigenvalue weighted by Gasteiger charge is 2.15. The number of nitrogens with two attached hydrogens (primary N) is 1. The van der Waals surface area contributed by atoms with Gasteiger partial charge in [0.15, 0.2) is 0 Å². The summed E-state index contributed by atoms with van der Waals surface area (Å²) < 4.78 is 1.12. The van der Waals surface area contributed by atoms with Gasteiger partial charge in [0, 0.05) is 10.5 Å². The zero-order valence-corrected chi connectivity index (χ0v) is 11.9. The van der Waals surface area contributed by atoms with Gasteiger partial charge in [-0.1, -0.05) is 41.1 Å². The maximum Gasteiger partial charge on any atom is 0.231 e. The van der Waals surface area contributed by atoms with Gasteiger partial charge in [-0.05, 0) is 31.5 Å². The normalized spacial score (nSPS) is 12.7. The van der Waals surface area contributed by atoms with E-state index < -0.39 is 0 Å². The molecule has 0 aliphatic carbocycles. The number of nitrogens with zero attached hydrogens (tertiary/aromatic N) is 1. The van der Waals surface area contributed by atoms with Crippen molar-refractivity contribution in [2.45, 2.75) is 25.8 Å². The first-order valence-corrected chi connectivity index (χ1v) is 6.55. The molecule has 94 valence electrons. The molecule has 17 heavy (non-hydrogen) atoms. The predicted octanol–water partition coefficient (Wildman–Crippen LogP) is 2.19. The molecule has 1 atom stereocenters. The highest BCUT2D eigenvalue weighted by atomic mass is 79.9. The van der Waals surface area contributed by atoms with Gasteiger partial charge in [0.2, 0.25) is 5.91 Å². The molecule has 0 aromatic heterocycles. The molecular formula is C13H19BrN2O. The van der Waals surface area contributed by atoms with Gasteiger partial charge in [-0.25, -0.2) is 0 Å². The molecule has 0 saturated carbocycles. The predicted molar refractivity (Wildman–Crippen MR) is 73.7 cm³/mol. The summed E-state index contributed by atoms with van der Waals surface area (Å²) in [6.07, 6.45) is 1.91. The highest BCUT2D eigenvalue weighted by molar-refractivity contribution is 9.10. The van der Waals surface area contributed by atoms with Gasteiger partial charge in [-0.3, -0.25) is 9.69 Å². The van der Waals surface area contributed by atoms with Crippen LogP contribution in [-0.2, 0) is 11.2 Å². The molecule has 0 heterocycles. The number of amides is 1. The van der Waals surface area contributed by atoms with E-state index in [4.69, 9.17) is 5.73 Å². The maximum absolute atomic E-state index is 10.9. The standard InChI is InChI=1S/C13H19BrN2O/c1-3-11(16(2)9-13(15)17)8-10-6-4-5-7-12(10)14/h4-7,11H,3,8-9H2,1-2H3,(H2,15,17)/t11-/m0/s1. The summed E-state index contributed by atoms with van der Waals surface area (Å²) in [5, 5.41) is 0. The van der Waals surface area contributed by atoms with Crippen molar-refractivity contribution in [3.05, 3.63) is 34.3 Å². The number of rotatable bonds is 6. The minimum absolute atomic E-state index is 0.280. The number of carbonyl (C=O) groups is 1. The fourth-order valence-electron chi connectivity index (χ4n) is 1.90. The van der Waals surface area contributed by atoms with Gasteiger partial charge < -0.3 is 5.73 Å². The van der Waals surface area contributed by atoms with Crippen LogP contribution in [0, 0.1) is 0 Å². The first-order valence-electron chi connectivity index (χ1n) is 5.76. The lowest BCUT2D eigenvalue weighted by molar-refractivity contribution is -0.119. The third-order valence-electron chi connectivity index (χ3n) is 2.91. The van der Waals surface area contributed by atoms with E-state index in [0.717, 1.165) is 17.3 Å². The smallest absolute Gasteiger partial charge is 0.231 e. The number of carbonyl (C=O) groups excluding carboxylic acids is 1. The van der Waals surface area contributed by atoms with Crippen molar-refractivity contribution in [1.82, 2.24) is 4.90 Å². The van der Waals surface area contributed by atoms with Crippen molar-refractivity contribution in [2.24, 2.45) is 5.73 Å². The van der Waals surface area contributed by atoms with Crippen LogP contribution in [-0.4, -0.2) is 30.4 Å². The molecule has 0 aliphatic heterocycles. The number of hydrogen-bond acceptors (Lipinski definition) is 2. The van der Waals surface area contributed by atoms with E-state index in [9.17, 15) is 4.79 Å². The maximum atomic E-state index is 10.9. The van der Waals surface area contributed by atoms with Crippen LogP contribution in [0.15, 0.2) is 28.7 Å². The molecule has 1 aromatic carbocycles. The van der Waals surface area contributed by atoms with Crippen LogP contribution in [0.25, 0.3) is 0 Å². The highest BCUT2D eigenvalue weighted by Crippen LogP contribution is 2.19. The topological polar surface area (TPSA) is 46.3 Å². The molecule has 0 bridgehead atoms. The van der Waals surface area contributed by atoms with Crippen LogP contribution in [0.4, 0.5) is 0 Å². The van der Waals surface area contributed by atoms with Crippen LogP contribution in [0.2, 0.25) is 0 Å². The Labute approximate surface area is 111 Å². The van der Waals surface area contributed by atoms with Gasteiger partial charge in [0.1, 0.15) is 0 Å². The summed E-state index contributed by atoms with van der Waals surface area (Å²) >= 11 is 3.54. The van der Waals surface area contributed by atoms with Crippen molar-refractivity contribution in [2.75, 3.05) is 13.6 Å². The molecule has 3 nitrogen and oxygen atoms in total. The summed E-state index contributed by atoms with van der Waals surface area (Å²) in [6, 6.07) is 8.50. The summed E-state index contributed by atoms with van der Waals surface area (Å²) in [4.78, 5) is 12.9. The summed E-state index contributed by atoms with van der Waals surface area (Å²) in [5.41, 5.74) is 6.48. The third kappa shape index (κ3) is 4.48. The van der Waals surface area contributed by atoms with Gasteiger partial charge in [-0.2, -0.15) is 0 Å². The van der Waals surface area contributed by atoms with Gasteiger partial charge in [0.25, 0.3) is 0 Å². The first-order chi connectivity index (χ1) is 8.04. The summed E-state index contributed by atoms with van der Waals surface area (Å²) in [6.45, 7) is 2.43. The fraction of sp³-hybridized carbons (Fsp3) is 0.462. The van der Waals surface area contributed by atoms with E-state index in [2.05, 4.69) is 28.9 Å². The van der Waals surface area contributed by atoms with E-state index in [1.54, 1.807) is 0 Å². The molecule has 0 unspecified atom stereocenters. The van der Waals surface area contributed by atoms with Crippen molar-refractivity contribution in [3.63, 3.8) is 0 Å². The lowest BCUT2D eigenvalue weighted by Crippen LogP contribution is -2.39. The Morgan fingerprint density at radius 1 is 1.47 bits per heavy atom. The number of primary amides is 1. The number of benzene rings is 1. The molecule has 2 N–H and O–H groups in total. The average Bonchev–Trinajstić information content (AvgIpc) is 2.27. The first kappa shape index (κ1) is 14.2.